The van der Waals surface area contributed by atoms with Crippen molar-refractivity contribution in [3.63, 3.8) is 0 Å². The first-order valence-electron chi connectivity index (χ1n) is 10.6. The summed E-state index contributed by atoms with van der Waals surface area (Å²) in [4.78, 5) is 0. The average molecular weight is 434 g/mol. The van der Waals surface area contributed by atoms with Crippen LogP contribution in [0.3, 0.4) is 0 Å². The molecule has 6 atom stereocenters. The molecule has 0 N–H and O–H groups in total. The number of halogens is 7. The van der Waals surface area contributed by atoms with E-state index in [1.807, 2.05) is 0 Å². The lowest BCUT2D eigenvalue weighted by molar-refractivity contribution is -0.358. The van der Waals surface area contributed by atoms with Crippen LogP contribution in [0.5, 0.6) is 0 Å². The summed E-state index contributed by atoms with van der Waals surface area (Å²) in [7, 11) is 0. The highest BCUT2D eigenvalue weighted by molar-refractivity contribution is 4.90. The first kappa shape index (κ1) is 23.1. The SMILES string of the molecule is FC1CC(OC(F)(F)C2CCC(C3CCCCC3)CC2F)CCC1OC(F)(F)F. The van der Waals surface area contributed by atoms with E-state index in [9.17, 15) is 30.7 Å². The molecule has 0 saturated heterocycles. The molecule has 0 aromatic carbocycles. The van der Waals surface area contributed by atoms with Gasteiger partial charge in [-0.3, -0.25) is 4.74 Å². The van der Waals surface area contributed by atoms with Crippen molar-refractivity contribution in [1.29, 1.82) is 0 Å². The first-order valence-corrected chi connectivity index (χ1v) is 10.6. The Morgan fingerprint density at radius 3 is 1.90 bits per heavy atom. The lowest BCUT2D eigenvalue weighted by Crippen LogP contribution is -2.47. The van der Waals surface area contributed by atoms with Crippen molar-refractivity contribution in [2.24, 2.45) is 17.8 Å². The molecule has 3 aliphatic carbocycles. The van der Waals surface area contributed by atoms with Gasteiger partial charge in [-0.1, -0.05) is 32.1 Å². The second-order valence-electron chi connectivity index (χ2n) is 8.83. The van der Waals surface area contributed by atoms with E-state index in [2.05, 4.69) is 4.74 Å². The maximum atomic E-state index is 14.6. The van der Waals surface area contributed by atoms with Gasteiger partial charge >= 0.3 is 12.5 Å². The molecule has 0 aromatic heterocycles. The van der Waals surface area contributed by atoms with Gasteiger partial charge in [-0.25, -0.2) is 8.78 Å². The van der Waals surface area contributed by atoms with Crippen molar-refractivity contribution in [1.82, 2.24) is 0 Å². The molecule has 3 saturated carbocycles. The van der Waals surface area contributed by atoms with E-state index in [0.717, 1.165) is 25.7 Å². The third kappa shape index (κ3) is 6.21. The van der Waals surface area contributed by atoms with Crippen LogP contribution in [0.1, 0.15) is 70.6 Å². The highest BCUT2D eigenvalue weighted by Crippen LogP contribution is 2.47. The fourth-order valence-corrected chi connectivity index (χ4v) is 5.33. The molecule has 0 aliphatic heterocycles. The van der Waals surface area contributed by atoms with Gasteiger partial charge < -0.3 is 4.74 Å². The quantitative estimate of drug-likeness (QED) is 0.447. The van der Waals surface area contributed by atoms with Gasteiger partial charge in [0.1, 0.15) is 12.3 Å². The first-order chi connectivity index (χ1) is 13.5. The van der Waals surface area contributed by atoms with Crippen LogP contribution in [0.2, 0.25) is 0 Å². The fraction of sp³-hybridized carbons (Fsp3) is 1.00. The monoisotopic (exact) mass is 434 g/mol. The summed E-state index contributed by atoms with van der Waals surface area (Å²) >= 11 is 0. The van der Waals surface area contributed by atoms with E-state index in [4.69, 9.17) is 4.74 Å². The highest BCUT2D eigenvalue weighted by atomic mass is 19.4. The number of ether oxygens (including phenoxy) is 2. The molecular weight excluding hydrogens is 405 g/mol. The number of rotatable bonds is 5. The van der Waals surface area contributed by atoms with E-state index in [-0.39, 0.29) is 31.6 Å². The van der Waals surface area contributed by atoms with Crippen LogP contribution in [0, 0.1) is 17.8 Å². The Bertz CT molecular complexity index is 521. The van der Waals surface area contributed by atoms with Crippen molar-refractivity contribution in [3.05, 3.63) is 0 Å². The minimum absolute atomic E-state index is 0.000909. The molecular formula is C20H29F7O2. The summed E-state index contributed by atoms with van der Waals surface area (Å²) in [6.45, 7) is 0. The maximum Gasteiger partial charge on any atom is 0.522 e. The summed E-state index contributed by atoms with van der Waals surface area (Å²) < 4.78 is 103. The van der Waals surface area contributed by atoms with Crippen molar-refractivity contribution in [3.8, 4) is 0 Å². The Hall–Kier alpha value is -0.570. The predicted octanol–water partition coefficient (Wildman–Crippen LogP) is 6.73. The lowest BCUT2D eigenvalue weighted by Gasteiger charge is -2.41. The van der Waals surface area contributed by atoms with Crippen molar-refractivity contribution < 1.29 is 40.2 Å². The molecule has 2 nitrogen and oxygen atoms in total. The van der Waals surface area contributed by atoms with Crippen LogP contribution >= 0.6 is 0 Å². The summed E-state index contributed by atoms with van der Waals surface area (Å²) in [5.41, 5.74) is 0. The Morgan fingerprint density at radius 2 is 1.31 bits per heavy atom. The van der Waals surface area contributed by atoms with Crippen LogP contribution in [0.15, 0.2) is 0 Å². The van der Waals surface area contributed by atoms with Gasteiger partial charge in [0.25, 0.3) is 0 Å². The topological polar surface area (TPSA) is 18.5 Å². The highest BCUT2D eigenvalue weighted by Gasteiger charge is 2.51. The Morgan fingerprint density at radius 1 is 0.621 bits per heavy atom. The summed E-state index contributed by atoms with van der Waals surface area (Å²) in [6, 6.07) is 0. The molecule has 0 radical (unpaired) electrons. The van der Waals surface area contributed by atoms with Crippen LogP contribution in [-0.2, 0) is 9.47 Å². The van der Waals surface area contributed by atoms with Gasteiger partial charge in [0.15, 0.2) is 0 Å². The standard InChI is InChI=1S/C20H29F7O2/c21-16-10-13(12-4-2-1-3-5-12)6-8-15(16)19(23,24)28-14-7-9-18(17(22)11-14)29-20(25,26)27/h12-18H,1-11H2. The molecule has 0 bridgehead atoms. The van der Waals surface area contributed by atoms with E-state index >= 15 is 0 Å². The maximum absolute atomic E-state index is 14.6. The number of alkyl halides is 7. The third-order valence-electron chi connectivity index (χ3n) is 6.83. The van der Waals surface area contributed by atoms with E-state index in [1.54, 1.807) is 0 Å². The molecule has 29 heavy (non-hydrogen) atoms. The molecule has 3 fully saturated rings. The van der Waals surface area contributed by atoms with Gasteiger partial charge in [0.05, 0.1) is 18.1 Å². The molecule has 9 heteroatoms. The summed E-state index contributed by atoms with van der Waals surface area (Å²) in [6.07, 6.45) is -10.6. The zero-order valence-corrected chi connectivity index (χ0v) is 16.3. The molecule has 0 spiro atoms. The molecule has 6 unspecified atom stereocenters. The van der Waals surface area contributed by atoms with Crippen LogP contribution in [-0.4, -0.2) is 37.0 Å². The Labute approximate surface area is 166 Å². The van der Waals surface area contributed by atoms with Gasteiger partial charge in [0, 0.05) is 6.42 Å². The van der Waals surface area contributed by atoms with Gasteiger partial charge in [-0.05, 0) is 43.9 Å². The molecule has 3 aliphatic rings. The normalized spacial score (nSPS) is 38.2. The zero-order chi connectivity index (χ0) is 21.2. The second kappa shape index (κ2) is 9.28. The molecule has 0 amide bonds. The van der Waals surface area contributed by atoms with E-state index < -0.39 is 49.4 Å². The van der Waals surface area contributed by atoms with Gasteiger partial charge in [0.2, 0.25) is 0 Å². The van der Waals surface area contributed by atoms with Gasteiger partial charge in [-0.2, -0.15) is 8.78 Å². The van der Waals surface area contributed by atoms with Gasteiger partial charge in [-0.15, -0.1) is 13.2 Å². The number of hydrogen-bond acceptors (Lipinski definition) is 2. The molecule has 3 rings (SSSR count). The van der Waals surface area contributed by atoms with Crippen molar-refractivity contribution in [2.75, 3.05) is 0 Å². The minimum atomic E-state index is -4.98. The third-order valence-corrected chi connectivity index (χ3v) is 6.83. The molecule has 0 aromatic rings. The largest absolute Gasteiger partial charge is 0.522 e. The van der Waals surface area contributed by atoms with Crippen molar-refractivity contribution in [2.45, 2.75) is 108 Å². The van der Waals surface area contributed by atoms with E-state index in [0.29, 0.717) is 12.3 Å². The van der Waals surface area contributed by atoms with Crippen LogP contribution in [0.25, 0.3) is 0 Å². The smallest absolute Gasteiger partial charge is 0.317 e. The lowest BCUT2D eigenvalue weighted by atomic mass is 9.70. The predicted molar refractivity (Wildman–Crippen MR) is 91.8 cm³/mol. The van der Waals surface area contributed by atoms with E-state index in [1.165, 1.54) is 6.42 Å². The molecule has 0 heterocycles. The summed E-state index contributed by atoms with van der Waals surface area (Å²) in [5, 5.41) is 0. The van der Waals surface area contributed by atoms with Crippen LogP contribution < -0.4 is 0 Å². The molecule has 170 valence electrons. The average Bonchev–Trinajstić information content (AvgIpc) is 2.63. The number of hydrogen-bond donors (Lipinski definition) is 0. The zero-order valence-electron chi connectivity index (χ0n) is 16.3. The Balaban J connectivity index is 1.50. The minimum Gasteiger partial charge on any atom is -0.317 e. The summed E-state index contributed by atoms with van der Waals surface area (Å²) in [5.74, 6) is -1.08. The second-order valence-corrected chi connectivity index (χ2v) is 8.83. The Kier molecular flexibility index (Phi) is 7.40. The van der Waals surface area contributed by atoms with Crippen molar-refractivity contribution >= 4 is 0 Å². The fourth-order valence-electron chi connectivity index (χ4n) is 5.33. The van der Waals surface area contributed by atoms with Crippen LogP contribution in [0.4, 0.5) is 30.7 Å².